The number of rotatable bonds is 2. The fourth-order valence-electron chi connectivity index (χ4n) is 0.829. The third-order valence-corrected chi connectivity index (χ3v) is 2.19. The predicted octanol–water partition coefficient (Wildman–Crippen LogP) is 2.68. The zero-order valence-electron chi connectivity index (χ0n) is 7.83. The number of hydrogen-bond donors (Lipinski definition) is 1. The second kappa shape index (κ2) is 5.58. The van der Waals surface area contributed by atoms with E-state index in [0.717, 1.165) is 0 Å². The molecule has 0 heterocycles. The number of halogens is 2. The topological polar surface area (TPSA) is 50.7 Å². The Balaban J connectivity index is 2.76. The molecule has 0 bridgehead atoms. The second-order valence-corrected chi connectivity index (χ2v) is 3.31. The molecule has 0 aliphatic heterocycles. The highest BCUT2D eigenvalue weighted by atomic mass is 35.5. The Morgan fingerprint density at radius 1 is 1.47 bits per heavy atom. The molecular formula is C9H8Cl2N2O2. The Bertz CT molecular complexity index is 373. The van der Waals surface area contributed by atoms with Crippen LogP contribution in [-0.4, -0.2) is 19.4 Å². The first-order valence-corrected chi connectivity index (χ1v) is 4.71. The monoisotopic (exact) mass is 246 g/mol. The van der Waals surface area contributed by atoms with Gasteiger partial charge in [0.05, 0.1) is 23.4 Å². The summed E-state index contributed by atoms with van der Waals surface area (Å²) in [5.74, 6) is 0. The summed E-state index contributed by atoms with van der Waals surface area (Å²) in [4.78, 5) is 10.7. The van der Waals surface area contributed by atoms with Crippen LogP contribution in [0, 0.1) is 0 Å². The van der Waals surface area contributed by atoms with E-state index < -0.39 is 6.09 Å². The molecule has 0 aliphatic carbocycles. The van der Waals surface area contributed by atoms with Gasteiger partial charge in [0.25, 0.3) is 0 Å². The SMILES string of the molecule is COC(=O)N/N=C/c1c(Cl)cccc1Cl. The number of nitrogens with zero attached hydrogens (tertiary/aromatic N) is 1. The lowest BCUT2D eigenvalue weighted by atomic mass is 10.2. The first-order chi connectivity index (χ1) is 7.15. The van der Waals surface area contributed by atoms with Crippen LogP contribution in [0.5, 0.6) is 0 Å². The molecule has 0 saturated heterocycles. The summed E-state index contributed by atoms with van der Waals surface area (Å²) in [7, 11) is 1.24. The van der Waals surface area contributed by atoms with Gasteiger partial charge in [-0.3, -0.25) is 0 Å². The zero-order valence-corrected chi connectivity index (χ0v) is 9.34. The molecule has 0 unspecified atom stereocenters. The van der Waals surface area contributed by atoms with E-state index in [4.69, 9.17) is 23.2 Å². The van der Waals surface area contributed by atoms with E-state index in [1.54, 1.807) is 18.2 Å². The van der Waals surface area contributed by atoms with Gasteiger partial charge in [-0.1, -0.05) is 29.3 Å². The molecule has 1 aromatic carbocycles. The van der Waals surface area contributed by atoms with Gasteiger partial charge in [0, 0.05) is 5.56 Å². The smallest absolute Gasteiger partial charge is 0.427 e. The maximum atomic E-state index is 10.7. The summed E-state index contributed by atoms with van der Waals surface area (Å²) in [6, 6.07) is 5.07. The maximum Gasteiger partial charge on any atom is 0.427 e. The lowest BCUT2D eigenvalue weighted by molar-refractivity contribution is 0.171. The number of methoxy groups -OCH3 is 1. The predicted molar refractivity (Wildman–Crippen MR) is 59.6 cm³/mol. The van der Waals surface area contributed by atoms with E-state index in [9.17, 15) is 4.79 Å². The van der Waals surface area contributed by atoms with Gasteiger partial charge in [-0.15, -0.1) is 0 Å². The summed E-state index contributed by atoms with van der Waals surface area (Å²) in [5.41, 5.74) is 2.67. The van der Waals surface area contributed by atoms with Crippen molar-refractivity contribution in [2.45, 2.75) is 0 Å². The first-order valence-electron chi connectivity index (χ1n) is 3.96. The van der Waals surface area contributed by atoms with E-state index in [-0.39, 0.29) is 0 Å². The van der Waals surface area contributed by atoms with Crippen molar-refractivity contribution < 1.29 is 9.53 Å². The molecule has 4 nitrogen and oxygen atoms in total. The summed E-state index contributed by atoms with van der Waals surface area (Å²) < 4.78 is 4.32. The number of hydrazone groups is 1. The molecule has 1 rings (SSSR count). The van der Waals surface area contributed by atoms with Crippen LogP contribution >= 0.6 is 23.2 Å². The van der Waals surface area contributed by atoms with Crippen molar-refractivity contribution >= 4 is 35.5 Å². The van der Waals surface area contributed by atoms with Crippen LogP contribution in [0.2, 0.25) is 10.0 Å². The fourth-order valence-corrected chi connectivity index (χ4v) is 1.32. The van der Waals surface area contributed by atoms with Gasteiger partial charge < -0.3 is 4.74 Å². The largest absolute Gasteiger partial charge is 0.452 e. The summed E-state index contributed by atoms with van der Waals surface area (Å²) >= 11 is 11.7. The Morgan fingerprint density at radius 2 is 2.07 bits per heavy atom. The van der Waals surface area contributed by atoms with Gasteiger partial charge in [0.1, 0.15) is 0 Å². The molecule has 0 aliphatic rings. The highest BCUT2D eigenvalue weighted by molar-refractivity contribution is 6.38. The third-order valence-electron chi connectivity index (χ3n) is 1.53. The minimum atomic E-state index is -0.658. The summed E-state index contributed by atoms with van der Waals surface area (Å²) in [6.45, 7) is 0. The van der Waals surface area contributed by atoms with Crippen LogP contribution in [0.25, 0.3) is 0 Å². The van der Waals surface area contributed by atoms with Crippen LogP contribution in [0.4, 0.5) is 4.79 Å². The molecule has 15 heavy (non-hydrogen) atoms. The molecule has 0 spiro atoms. The number of nitrogens with one attached hydrogen (secondary N) is 1. The Morgan fingerprint density at radius 3 is 2.60 bits per heavy atom. The minimum absolute atomic E-state index is 0.456. The third kappa shape index (κ3) is 3.42. The molecule has 80 valence electrons. The molecule has 1 aromatic rings. The van der Waals surface area contributed by atoms with Crippen LogP contribution in [-0.2, 0) is 4.74 Å². The molecule has 1 N–H and O–H groups in total. The lowest BCUT2D eigenvalue weighted by Crippen LogP contribution is -2.16. The van der Waals surface area contributed by atoms with Crippen LogP contribution in [0.15, 0.2) is 23.3 Å². The van der Waals surface area contributed by atoms with Crippen molar-refractivity contribution in [3.8, 4) is 0 Å². The highest BCUT2D eigenvalue weighted by Crippen LogP contribution is 2.21. The van der Waals surface area contributed by atoms with Gasteiger partial charge in [0.2, 0.25) is 0 Å². The van der Waals surface area contributed by atoms with E-state index in [1.807, 2.05) is 0 Å². The molecule has 0 aromatic heterocycles. The number of benzene rings is 1. The van der Waals surface area contributed by atoms with Crippen molar-refractivity contribution in [3.63, 3.8) is 0 Å². The van der Waals surface area contributed by atoms with Gasteiger partial charge in [0.15, 0.2) is 0 Å². The first kappa shape index (κ1) is 11.8. The van der Waals surface area contributed by atoms with E-state index in [2.05, 4.69) is 15.3 Å². The van der Waals surface area contributed by atoms with Crippen LogP contribution in [0.3, 0.4) is 0 Å². The highest BCUT2D eigenvalue weighted by Gasteiger charge is 2.02. The zero-order chi connectivity index (χ0) is 11.3. The number of hydrogen-bond acceptors (Lipinski definition) is 3. The summed E-state index contributed by atoms with van der Waals surface area (Å²) in [5, 5.41) is 4.53. The van der Waals surface area contributed by atoms with Gasteiger partial charge in [-0.2, -0.15) is 5.10 Å². The number of carbonyl (C=O) groups is 1. The second-order valence-electron chi connectivity index (χ2n) is 2.50. The average Bonchev–Trinajstić information content (AvgIpc) is 2.22. The quantitative estimate of drug-likeness (QED) is 0.645. The standard InChI is InChI=1S/C9H8Cl2N2O2/c1-15-9(14)13-12-5-6-7(10)3-2-4-8(6)11/h2-5H,1H3,(H,13,14)/b12-5+. The summed E-state index contributed by atoms with van der Waals surface area (Å²) in [6.07, 6.45) is 0.691. The van der Waals surface area contributed by atoms with Gasteiger partial charge in [-0.25, -0.2) is 10.2 Å². The number of carbonyl (C=O) groups excluding carboxylic acids is 1. The van der Waals surface area contributed by atoms with Crippen molar-refractivity contribution in [2.75, 3.05) is 7.11 Å². The molecule has 0 saturated carbocycles. The van der Waals surface area contributed by atoms with Gasteiger partial charge in [-0.05, 0) is 12.1 Å². The average molecular weight is 247 g/mol. The van der Waals surface area contributed by atoms with Crippen molar-refractivity contribution in [1.82, 2.24) is 5.43 Å². The van der Waals surface area contributed by atoms with Crippen LogP contribution < -0.4 is 5.43 Å². The van der Waals surface area contributed by atoms with Crippen molar-refractivity contribution in [1.29, 1.82) is 0 Å². The number of amides is 1. The number of ether oxygens (including phenoxy) is 1. The maximum absolute atomic E-state index is 10.7. The molecule has 0 fully saturated rings. The molecule has 6 heteroatoms. The van der Waals surface area contributed by atoms with E-state index >= 15 is 0 Å². The fraction of sp³-hybridized carbons (Fsp3) is 0.111. The minimum Gasteiger partial charge on any atom is -0.452 e. The van der Waals surface area contributed by atoms with Crippen molar-refractivity contribution in [3.05, 3.63) is 33.8 Å². The lowest BCUT2D eigenvalue weighted by Gasteiger charge is -2.00. The Kier molecular flexibility index (Phi) is 4.39. The van der Waals surface area contributed by atoms with E-state index in [0.29, 0.717) is 15.6 Å². The Hall–Kier alpha value is -1.26. The molecular weight excluding hydrogens is 239 g/mol. The normalized spacial score (nSPS) is 10.3. The van der Waals surface area contributed by atoms with Crippen molar-refractivity contribution in [2.24, 2.45) is 5.10 Å². The van der Waals surface area contributed by atoms with Gasteiger partial charge >= 0.3 is 6.09 Å². The molecule has 0 atom stereocenters. The van der Waals surface area contributed by atoms with Crippen LogP contribution in [0.1, 0.15) is 5.56 Å². The Labute approximate surface area is 96.8 Å². The molecule has 0 radical (unpaired) electrons. The van der Waals surface area contributed by atoms with E-state index in [1.165, 1.54) is 13.3 Å². The molecule has 1 amide bonds.